The molecule has 0 spiro atoms. The highest BCUT2D eigenvalue weighted by molar-refractivity contribution is 8.00. The molecule has 5 aliphatic heterocycles. The number of methoxy groups -OCH3 is 2. The van der Waals surface area contributed by atoms with E-state index in [0.29, 0.717) is 48.6 Å². The molecule has 2 N–H and O–H groups in total. The van der Waals surface area contributed by atoms with Gasteiger partial charge in [-0.3, -0.25) is 39.0 Å². The molecule has 0 radical (unpaired) electrons. The van der Waals surface area contributed by atoms with E-state index in [1.807, 2.05) is 13.0 Å². The van der Waals surface area contributed by atoms with Crippen molar-refractivity contribution >= 4 is 82.5 Å². The van der Waals surface area contributed by atoms with Gasteiger partial charge in [-0.1, -0.05) is 42.3 Å². The van der Waals surface area contributed by atoms with E-state index in [1.54, 1.807) is 38.1 Å². The van der Waals surface area contributed by atoms with E-state index in [4.69, 9.17) is 40.1 Å². The van der Waals surface area contributed by atoms with Crippen molar-refractivity contribution in [1.82, 2.24) is 20.2 Å². The first-order valence-electron chi connectivity index (χ1n) is 24.9. The second-order valence-electron chi connectivity index (χ2n) is 20.3. The number of ether oxygens (including phenoxy) is 5. The van der Waals surface area contributed by atoms with E-state index in [1.165, 1.54) is 61.7 Å². The Morgan fingerprint density at radius 3 is 2.36 bits per heavy atom. The standard InChI is InChI=1S/C51H66ClN5O16S/c1-27-10-9-11-37(69-8)51(67)25-35(70-49(66)53-51)28(2)45-50(4,72-45)38(24-42(61)55(6)33-21-31(20-27)22-34(68-7)44(33)52)71-47(64)29(3)54(5)39(58)18-19-74-36-23-43(62)56(46(36)63)26-30-12-14-32(15-13-30)48(65)73-57-40(59)16-17-41(57)60/h9-11,21-22,28-30,32,35-38,45,67H,12-20,23-26H2,1-8H3,(H,53,66). The second kappa shape index (κ2) is 23.1. The van der Waals surface area contributed by atoms with Crippen molar-refractivity contribution in [3.8, 4) is 5.75 Å². The summed E-state index contributed by atoms with van der Waals surface area (Å²) in [6, 6.07) is 2.36. The van der Waals surface area contributed by atoms with Crippen LogP contribution in [0.5, 0.6) is 5.75 Å². The number of epoxide rings is 1. The third kappa shape index (κ3) is 12.2. The lowest BCUT2D eigenvalue weighted by Gasteiger charge is -2.42. The van der Waals surface area contributed by atoms with Gasteiger partial charge in [0.05, 0.1) is 36.5 Å². The van der Waals surface area contributed by atoms with Crippen molar-refractivity contribution in [1.29, 1.82) is 0 Å². The molecule has 7 rings (SSSR count). The molecule has 0 aromatic heterocycles. The Hall–Kier alpha value is -5.55. The number of alkyl carbamates (subject to hydrolysis) is 1. The highest BCUT2D eigenvalue weighted by Crippen LogP contribution is 2.49. The van der Waals surface area contributed by atoms with E-state index < -0.39 is 107 Å². The number of anilines is 1. The number of rotatable bonds is 13. The zero-order valence-corrected chi connectivity index (χ0v) is 44.5. The fourth-order valence-corrected chi connectivity index (χ4v) is 11.7. The number of amides is 7. The van der Waals surface area contributed by atoms with Crippen LogP contribution in [0.4, 0.5) is 10.5 Å². The zero-order chi connectivity index (χ0) is 54.0. The number of halogens is 1. The molecular formula is C51H66ClN5O16S. The highest BCUT2D eigenvalue weighted by atomic mass is 35.5. The van der Waals surface area contributed by atoms with Crippen LogP contribution < -0.4 is 15.0 Å². The molecule has 23 heteroatoms. The Morgan fingerprint density at radius 2 is 1.70 bits per heavy atom. The first-order chi connectivity index (χ1) is 35.0. The molecule has 9 unspecified atom stereocenters. The number of benzene rings is 1. The molecule has 5 fully saturated rings. The first-order valence-corrected chi connectivity index (χ1v) is 26.3. The van der Waals surface area contributed by atoms with E-state index in [9.17, 15) is 48.3 Å². The number of aliphatic hydroxyl groups is 1. The van der Waals surface area contributed by atoms with Crippen LogP contribution in [0.2, 0.25) is 5.02 Å². The number of hydrogen-bond acceptors (Lipinski definition) is 17. The highest BCUT2D eigenvalue weighted by Gasteiger charge is 2.64. The average molecular weight is 1070 g/mol. The lowest BCUT2D eigenvalue weighted by Crippen LogP contribution is -2.63. The van der Waals surface area contributed by atoms with Crippen molar-refractivity contribution in [3.63, 3.8) is 0 Å². The summed E-state index contributed by atoms with van der Waals surface area (Å²) in [5.74, 6) is -4.93. The molecule has 404 valence electrons. The quantitative estimate of drug-likeness (QED) is 0.160. The molecule has 4 bridgehead atoms. The van der Waals surface area contributed by atoms with Gasteiger partial charge in [0.1, 0.15) is 40.7 Å². The predicted octanol–water partition coefficient (Wildman–Crippen LogP) is 4.18. The minimum absolute atomic E-state index is 0.00240. The molecule has 6 aliphatic rings. The van der Waals surface area contributed by atoms with Crippen molar-refractivity contribution in [2.45, 2.75) is 145 Å². The van der Waals surface area contributed by atoms with Gasteiger partial charge in [-0.05, 0) is 76.5 Å². The van der Waals surface area contributed by atoms with Gasteiger partial charge in [0, 0.05) is 71.5 Å². The molecule has 7 amide bonds. The summed E-state index contributed by atoms with van der Waals surface area (Å²) in [5.41, 5.74) is -1.23. The van der Waals surface area contributed by atoms with Crippen LogP contribution in [0.15, 0.2) is 35.9 Å². The summed E-state index contributed by atoms with van der Waals surface area (Å²) in [6.45, 7) is 6.99. The SMILES string of the molecule is COc1cc2cc(c1Cl)N(C)C(=O)CC(OC(=O)C(C)N(C)C(=O)CCSC1CC(=O)N(CC3CCC(C(=O)ON4C(=O)CCC4=O)CC3)C1=O)C1(C)OC1C(C)C1CC(O)(NC(=O)O1)C(OC)C=CC=C(C)C2. The number of nitrogens with zero attached hydrogens (tertiary/aromatic N) is 4. The summed E-state index contributed by atoms with van der Waals surface area (Å²) in [4.78, 5) is 127. The maximum Gasteiger partial charge on any atom is 0.409 e. The van der Waals surface area contributed by atoms with E-state index in [2.05, 4.69) is 5.32 Å². The van der Waals surface area contributed by atoms with Gasteiger partial charge >= 0.3 is 18.0 Å². The number of fused-ring (bicyclic) bond motifs is 5. The van der Waals surface area contributed by atoms with Gasteiger partial charge in [0.15, 0.2) is 5.72 Å². The van der Waals surface area contributed by atoms with Crippen LogP contribution >= 0.6 is 23.4 Å². The van der Waals surface area contributed by atoms with Gasteiger partial charge in [0.2, 0.25) is 23.6 Å². The maximum atomic E-state index is 14.4. The number of nitrogens with one attached hydrogen (secondary N) is 1. The number of hydroxylamine groups is 2. The fraction of sp³-hybridized carbons (Fsp3) is 0.627. The zero-order valence-electron chi connectivity index (χ0n) is 42.9. The summed E-state index contributed by atoms with van der Waals surface area (Å²) in [7, 11) is 5.84. The van der Waals surface area contributed by atoms with Crippen LogP contribution in [0, 0.1) is 17.8 Å². The van der Waals surface area contributed by atoms with Gasteiger partial charge < -0.3 is 43.4 Å². The van der Waals surface area contributed by atoms with E-state index in [0.717, 1.165) is 11.1 Å². The molecule has 9 atom stereocenters. The lowest BCUT2D eigenvalue weighted by molar-refractivity contribution is -0.201. The number of hydrogen-bond donors (Lipinski definition) is 2. The van der Waals surface area contributed by atoms with Crippen LogP contribution in [-0.4, -0.2) is 161 Å². The summed E-state index contributed by atoms with van der Waals surface area (Å²) < 4.78 is 29.4. The Bertz CT molecular complexity index is 2470. The Morgan fingerprint density at radius 1 is 1.01 bits per heavy atom. The number of carbonyl (C=O) groups excluding carboxylic acids is 9. The lowest BCUT2D eigenvalue weighted by atomic mass is 9.82. The average Bonchev–Trinajstić information content (AvgIpc) is 3.87. The molecular weight excluding hydrogens is 1010 g/mol. The predicted molar refractivity (Wildman–Crippen MR) is 266 cm³/mol. The Labute approximate surface area is 438 Å². The van der Waals surface area contributed by atoms with Gasteiger partial charge in [-0.15, -0.1) is 16.8 Å². The minimum Gasteiger partial charge on any atom is -0.495 e. The monoisotopic (exact) mass is 1070 g/mol. The molecule has 1 aromatic carbocycles. The second-order valence-corrected chi connectivity index (χ2v) is 22.0. The third-order valence-corrected chi connectivity index (χ3v) is 16.8. The van der Waals surface area contributed by atoms with Crippen molar-refractivity contribution in [2.75, 3.05) is 45.5 Å². The number of esters is 1. The minimum atomic E-state index is -1.89. The van der Waals surface area contributed by atoms with Crippen LogP contribution in [0.25, 0.3) is 0 Å². The first kappa shape index (κ1) is 56.2. The maximum absolute atomic E-state index is 14.4. The Kier molecular flexibility index (Phi) is 17.6. The number of thioether (sulfide) groups is 1. The van der Waals surface area contributed by atoms with E-state index >= 15 is 0 Å². The van der Waals surface area contributed by atoms with Crippen molar-refractivity contribution < 1.29 is 76.8 Å². The number of imide groups is 2. The van der Waals surface area contributed by atoms with E-state index in [-0.39, 0.29) is 67.2 Å². The van der Waals surface area contributed by atoms with Crippen molar-refractivity contribution in [3.05, 3.63) is 46.5 Å². The van der Waals surface area contributed by atoms with Gasteiger partial charge in [-0.25, -0.2) is 14.4 Å². The van der Waals surface area contributed by atoms with Crippen LogP contribution in [-0.2, 0) is 68.6 Å². The van der Waals surface area contributed by atoms with Crippen molar-refractivity contribution in [2.24, 2.45) is 17.8 Å². The molecule has 1 aromatic rings. The number of carbonyl (C=O) groups is 9. The normalized spacial score (nSPS) is 31.1. The number of likely N-dealkylation sites (tertiary alicyclic amines) is 1. The summed E-state index contributed by atoms with van der Waals surface area (Å²) >= 11 is 7.98. The fourth-order valence-electron chi connectivity index (χ4n) is 10.3. The van der Waals surface area contributed by atoms with Crippen LogP contribution in [0.3, 0.4) is 0 Å². The van der Waals surface area contributed by atoms with Crippen LogP contribution in [0.1, 0.15) is 97.5 Å². The topological polar surface area (TPSA) is 258 Å². The summed E-state index contributed by atoms with van der Waals surface area (Å²) in [6.07, 6.45) is 2.04. The number of likely N-dealkylation sites (N-methyl/N-ethyl adjacent to an activating group) is 1. The Balaban J connectivity index is 0.986. The molecule has 21 nitrogen and oxygen atoms in total. The molecule has 1 saturated carbocycles. The smallest absolute Gasteiger partial charge is 0.409 e. The summed E-state index contributed by atoms with van der Waals surface area (Å²) in [5, 5.41) is 14.4. The number of allylic oxidation sites excluding steroid dienone is 3. The molecule has 1 aliphatic carbocycles. The van der Waals surface area contributed by atoms with Gasteiger partial charge in [-0.2, -0.15) is 0 Å². The molecule has 4 saturated heterocycles. The molecule has 74 heavy (non-hydrogen) atoms. The van der Waals surface area contributed by atoms with Gasteiger partial charge in [0.25, 0.3) is 11.8 Å². The third-order valence-electron chi connectivity index (χ3n) is 15.2. The largest absolute Gasteiger partial charge is 0.495 e. The molecule has 5 heterocycles.